The summed E-state index contributed by atoms with van der Waals surface area (Å²) in [6.45, 7) is 2.12. The Morgan fingerprint density at radius 3 is 3.07 bits per heavy atom. The van der Waals surface area contributed by atoms with E-state index in [1.165, 1.54) is 24.2 Å². The van der Waals surface area contributed by atoms with Crippen molar-refractivity contribution in [1.29, 1.82) is 0 Å². The summed E-state index contributed by atoms with van der Waals surface area (Å²) in [6, 6.07) is 0.326. The van der Waals surface area contributed by atoms with Crippen LogP contribution in [0.1, 0.15) is 43.1 Å². The monoisotopic (exact) mass is 224 g/mol. The molecular weight excluding hydrogens is 208 g/mol. The molecule has 1 unspecified atom stereocenters. The van der Waals surface area contributed by atoms with Gasteiger partial charge in [0.1, 0.15) is 5.69 Å². The minimum absolute atomic E-state index is 0.0243. The van der Waals surface area contributed by atoms with Crippen LogP contribution in [0.15, 0.2) is 10.9 Å². The van der Waals surface area contributed by atoms with Gasteiger partial charge in [0.25, 0.3) is 5.91 Å². The highest BCUT2D eigenvalue weighted by Gasteiger charge is 2.25. The molecule has 0 aromatic carbocycles. The lowest BCUT2D eigenvalue weighted by Gasteiger charge is -2.15. The second-order valence-electron chi connectivity index (χ2n) is 4.13. The quantitative estimate of drug-likeness (QED) is 0.834. The lowest BCUT2D eigenvalue weighted by Crippen LogP contribution is -2.34. The van der Waals surface area contributed by atoms with Gasteiger partial charge in [-0.05, 0) is 18.8 Å². The SMILES string of the molecule is CCC(CC1CC1)NC(=O)c1cscn1. The van der Waals surface area contributed by atoms with E-state index in [9.17, 15) is 4.79 Å². The van der Waals surface area contributed by atoms with E-state index in [1.807, 2.05) is 0 Å². The van der Waals surface area contributed by atoms with E-state index in [0.717, 1.165) is 18.8 Å². The summed E-state index contributed by atoms with van der Waals surface area (Å²) in [5, 5.41) is 4.84. The molecule has 82 valence electrons. The summed E-state index contributed by atoms with van der Waals surface area (Å²) < 4.78 is 0. The molecule has 3 nitrogen and oxygen atoms in total. The van der Waals surface area contributed by atoms with Crippen LogP contribution in [0.3, 0.4) is 0 Å². The normalized spacial score (nSPS) is 17.4. The van der Waals surface area contributed by atoms with Crippen molar-refractivity contribution in [2.45, 2.75) is 38.6 Å². The van der Waals surface area contributed by atoms with Gasteiger partial charge in [-0.15, -0.1) is 11.3 Å². The molecule has 1 atom stereocenters. The van der Waals surface area contributed by atoms with Crippen molar-refractivity contribution in [3.8, 4) is 0 Å². The zero-order chi connectivity index (χ0) is 10.7. The third-order valence-electron chi connectivity index (χ3n) is 2.81. The zero-order valence-electron chi connectivity index (χ0n) is 8.90. The Hall–Kier alpha value is -0.900. The van der Waals surface area contributed by atoms with Gasteiger partial charge in [-0.25, -0.2) is 4.98 Å². The number of nitrogens with one attached hydrogen (secondary N) is 1. The minimum atomic E-state index is -0.0243. The fourth-order valence-corrected chi connectivity index (χ4v) is 2.20. The molecule has 1 saturated carbocycles. The van der Waals surface area contributed by atoms with Gasteiger partial charge in [-0.3, -0.25) is 4.79 Å². The minimum Gasteiger partial charge on any atom is -0.348 e. The first-order valence-corrected chi connectivity index (χ1v) is 6.43. The zero-order valence-corrected chi connectivity index (χ0v) is 9.72. The Labute approximate surface area is 93.9 Å². The summed E-state index contributed by atoms with van der Waals surface area (Å²) in [5.41, 5.74) is 2.24. The van der Waals surface area contributed by atoms with E-state index in [1.54, 1.807) is 10.9 Å². The Bertz CT molecular complexity index is 319. The summed E-state index contributed by atoms with van der Waals surface area (Å²) in [6.07, 6.45) is 4.81. The number of aromatic nitrogens is 1. The predicted molar refractivity (Wildman–Crippen MR) is 61.0 cm³/mol. The second kappa shape index (κ2) is 4.75. The number of rotatable bonds is 5. The molecule has 1 N–H and O–H groups in total. The number of thiazole rings is 1. The lowest BCUT2D eigenvalue weighted by atomic mass is 10.1. The molecular formula is C11H16N2OS. The second-order valence-corrected chi connectivity index (χ2v) is 4.85. The fourth-order valence-electron chi connectivity index (χ4n) is 1.67. The maximum atomic E-state index is 11.7. The molecule has 1 heterocycles. The molecule has 2 rings (SSSR count). The van der Waals surface area contributed by atoms with Crippen molar-refractivity contribution in [2.24, 2.45) is 5.92 Å². The fraction of sp³-hybridized carbons (Fsp3) is 0.636. The molecule has 1 amide bonds. The predicted octanol–water partition coefficient (Wildman–Crippen LogP) is 2.45. The highest BCUT2D eigenvalue weighted by molar-refractivity contribution is 7.07. The number of nitrogens with zero attached hydrogens (tertiary/aromatic N) is 1. The molecule has 1 aromatic rings. The van der Waals surface area contributed by atoms with Gasteiger partial charge in [0.05, 0.1) is 5.51 Å². The summed E-state index contributed by atoms with van der Waals surface area (Å²) >= 11 is 1.46. The maximum Gasteiger partial charge on any atom is 0.270 e. The van der Waals surface area contributed by atoms with Crippen LogP contribution in [-0.4, -0.2) is 16.9 Å². The van der Waals surface area contributed by atoms with Gasteiger partial charge in [0.15, 0.2) is 0 Å². The van der Waals surface area contributed by atoms with Gasteiger partial charge in [-0.2, -0.15) is 0 Å². The Balaban J connectivity index is 1.85. The molecule has 0 radical (unpaired) electrons. The van der Waals surface area contributed by atoms with E-state index in [2.05, 4.69) is 17.2 Å². The number of carbonyl (C=O) groups is 1. The number of carbonyl (C=O) groups excluding carboxylic acids is 1. The van der Waals surface area contributed by atoms with Crippen LogP contribution >= 0.6 is 11.3 Å². The maximum absolute atomic E-state index is 11.7. The summed E-state index contributed by atoms with van der Waals surface area (Å²) in [4.78, 5) is 15.7. The van der Waals surface area contributed by atoms with Crippen LogP contribution in [0, 0.1) is 5.92 Å². The third kappa shape index (κ3) is 3.02. The Kier molecular flexibility index (Phi) is 3.36. The number of hydrogen-bond donors (Lipinski definition) is 1. The van der Waals surface area contributed by atoms with Crippen LogP contribution < -0.4 is 5.32 Å². The van der Waals surface area contributed by atoms with Gasteiger partial charge < -0.3 is 5.32 Å². The van der Waals surface area contributed by atoms with Crippen LogP contribution in [-0.2, 0) is 0 Å². The van der Waals surface area contributed by atoms with E-state index < -0.39 is 0 Å². The standard InChI is InChI=1S/C11H16N2OS/c1-2-9(5-8-3-4-8)13-11(14)10-6-15-7-12-10/h6-9H,2-5H2,1H3,(H,13,14). The van der Waals surface area contributed by atoms with E-state index in [0.29, 0.717) is 11.7 Å². The molecule has 1 aliphatic carbocycles. The summed E-state index contributed by atoms with van der Waals surface area (Å²) in [5.74, 6) is 0.828. The van der Waals surface area contributed by atoms with Crippen LogP contribution in [0.25, 0.3) is 0 Å². The molecule has 0 saturated heterocycles. The molecule has 15 heavy (non-hydrogen) atoms. The van der Waals surface area contributed by atoms with Crippen LogP contribution in [0.5, 0.6) is 0 Å². The average molecular weight is 224 g/mol. The van der Waals surface area contributed by atoms with Gasteiger partial charge >= 0.3 is 0 Å². The van der Waals surface area contributed by atoms with Crippen molar-refractivity contribution < 1.29 is 4.79 Å². The molecule has 1 aliphatic rings. The van der Waals surface area contributed by atoms with E-state index in [4.69, 9.17) is 0 Å². The van der Waals surface area contributed by atoms with Crippen LogP contribution in [0.2, 0.25) is 0 Å². The summed E-state index contributed by atoms with van der Waals surface area (Å²) in [7, 11) is 0. The van der Waals surface area contributed by atoms with Crippen molar-refractivity contribution in [3.63, 3.8) is 0 Å². The van der Waals surface area contributed by atoms with Crippen molar-refractivity contribution in [1.82, 2.24) is 10.3 Å². The topological polar surface area (TPSA) is 42.0 Å². The molecule has 0 bridgehead atoms. The molecule has 0 aliphatic heterocycles. The molecule has 1 aromatic heterocycles. The number of hydrogen-bond acceptors (Lipinski definition) is 3. The lowest BCUT2D eigenvalue weighted by molar-refractivity contribution is 0.0928. The van der Waals surface area contributed by atoms with Gasteiger partial charge in [0, 0.05) is 11.4 Å². The Morgan fingerprint density at radius 1 is 1.73 bits per heavy atom. The van der Waals surface area contributed by atoms with E-state index in [-0.39, 0.29) is 5.91 Å². The highest BCUT2D eigenvalue weighted by Crippen LogP contribution is 2.34. The molecule has 4 heteroatoms. The first-order chi connectivity index (χ1) is 7.29. The van der Waals surface area contributed by atoms with Crippen molar-refractivity contribution >= 4 is 17.2 Å². The largest absolute Gasteiger partial charge is 0.348 e. The molecule has 0 spiro atoms. The number of amides is 1. The van der Waals surface area contributed by atoms with Crippen LogP contribution in [0.4, 0.5) is 0 Å². The average Bonchev–Trinajstić information content (AvgIpc) is 2.88. The third-order valence-corrected chi connectivity index (χ3v) is 3.39. The highest BCUT2D eigenvalue weighted by atomic mass is 32.1. The van der Waals surface area contributed by atoms with Crippen molar-refractivity contribution in [3.05, 3.63) is 16.6 Å². The first-order valence-electron chi connectivity index (χ1n) is 5.48. The van der Waals surface area contributed by atoms with Crippen molar-refractivity contribution in [2.75, 3.05) is 0 Å². The van der Waals surface area contributed by atoms with E-state index >= 15 is 0 Å². The van der Waals surface area contributed by atoms with Gasteiger partial charge in [-0.1, -0.05) is 19.8 Å². The Morgan fingerprint density at radius 2 is 2.53 bits per heavy atom. The molecule has 1 fully saturated rings. The first kappa shape index (κ1) is 10.6. The van der Waals surface area contributed by atoms with Gasteiger partial charge in [0.2, 0.25) is 0 Å². The smallest absolute Gasteiger partial charge is 0.270 e.